The molecule has 0 heterocycles. The fourth-order valence-corrected chi connectivity index (χ4v) is 1.40. The van der Waals surface area contributed by atoms with E-state index in [0.29, 0.717) is 0 Å². The Kier molecular flexibility index (Phi) is 6.40. The van der Waals surface area contributed by atoms with E-state index in [1.165, 1.54) is 0 Å². The molecular formula is C9H9F6NO7S. The Hall–Kier alpha value is -1.87. The van der Waals surface area contributed by atoms with Gasteiger partial charge >= 0.3 is 39.2 Å². The lowest BCUT2D eigenvalue weighted by molar-refractivity contribution is -0.347. The Morgan fingerprint density at radius 2 is 1.62 bits per heavy atom. The van der Waals surface area contributed by atoms with Gasteiger partial charge in [0.25, 0.3) is 0 Å². The van der Waals surface area contributed by atoms with Crippen LogP contribution in [-0.2, 0) is 29.2 Å². The van der Waals surface area contributed by atoms with Crippen LogP contribution in [0, 0.1) is 0 Å². The van der Waals surface area contributed by atoms with E-state index in [2.05, 4.69) is 21.8 Å². The quantitative estimate of drug-likeness (QED) is 0.205. The molecule has 0 rings (SSSR count). The maximum absolute atomic E-state index is 12.9. The van der Waals surface area contributed by atoms with Gasteiger partial charge in [-0.1, -0.05) is 6.58 Å². The van der Waals surface area contributed by atoms with Crippen molar-refractivity contribution < 1.29 is 58.4 Å². The third kappa shape index (κ3) is 4.81. The maximum Gasteiger partial charge on any atom is 0.466 e. The molecule has 1 unspecified atom stereocenters. The van der Waals surface area contributed by atoms with Crippen molar-refractivity contribution in [1.29, 1.82) is 0 Å². The van der Waals surface area contributed by atoms with Crippen LogP contribution in [0.4, 0.5) is 26.3 Å². The molecule has 0 radical (unpaired) electrons. The number of primary amides is 1. The molecule has 0 aromatic carbocycles. The lowest BCUT2D eigenvalue weighted by Gasteiger charge is -2.31. The number of ether oxygens (including phenoxy) is 2. The molecule has 0 aliphatic rings. The molecule has 1 atom stereocenters. The van der Waals surface area contributed by atoms with Gasteiger partial charge in [0.1, 0.15) is 0 Å². The predicted molar refractivity (Wildman–Crippen MR) is 61.4 cm³/mol. The van der Waals surface area contributed by atoms with Gasteiger partial charge < -0.3 is 15.2 Å². The molecule has 0 saturated carbocycles. The smallest absolute Gasteiger partial charge is 0.410 e. The molecule has 0 aromatic rings. The highest BCUT2D eigenvalue weighted by Gasteiger charge is 2.66. The first-order valence-electron chi connectivity index (χ1n) is 5.41. The minimum absolute atomic E-state index is 1.89. The van der Waals surface area contributed by atoms with Crippen LogP contribution in [0.1, 0.15) is 6.42 Å². The largest absolute Gasteiger partial charge is 0.466 e. The average molecular weight is 389 g/mol. The number of halogens is 6. The second kappa shape index (κ2) is 6.94. The van der Waals surface area contributed by atoms with Crippen molar-refractivity contribution in [3.8, 4) is 0 Å². The van der Waals surface area contributed by atoms with Crippen LogP contribution in [-0.4, -0.2) is 48.7 Å². The normalized spacial score (nSPS) is 15.5. The number of hydrogen-bond acceptors (Lipinski definition) is 6. The van der Waals surface area contributed by atoms with Crippen molar-refractivity contribution in [2.24, 2.45) is 5.73 Å². The molecule has 0 saturated heterocycles. The first kappa shape index (κ1) is 22.1. The zero-order valence-corrected chi connectivity index (χ0v) is 12.1. The van der Waals surface area contributed by atoms with E-state index >= 15 is 0 Å². The molecule has 140 valence electrons. The summed E-state index contributed by atoms with van der Waals surface area (Å²) in [6.45, 7) is 0.396. The van der Waals surface area contributed by atoms with Crippen molar-refractivity contribution >= 4 is 22.0 Å². The van der Waals surface area contributed by atoms with Gasteiger partial charge in [0.15, 0.2) is 0 Å². The molecule has 0 aromatic heterocycles. The van der Waals surface area contributed by atoms with Gasteiger partial charge in [0, 0.05) is 0 Å². The first-order valence-corrected chi connectivity index (χ1v) is 6.85. The lowest BCUT2D eigenvalue weighted by Crippen LogP contribution is -2.60. The Balaban J connectivity index is 5.55. The van der Waals surface area contributed by atoms with Crippen LogP contribution in [0.15, 0.2) is 12.4 Å². The maximum atomic E-state index is 12.9. The van der Waals surface area contributed by atoms with Crippen molar-refractivity contribution in [1.82, 2.24) is 0 Å². The minimum Gasteiger partial charge on any atom is -0.410 e. The number of nitrogens with two attached hydrogens (primary N) is 1. The van der Waals surface area contributed by atoms with E-state index < -0.39 is 58.1 Å². The summed E-state index contributed by atoms with van der Waals surface area (Å²) in [7, 11) is -6.00. The third-order valence-corrected chi connectivity index (χ3v) is 3.19. The van der Waals surface area contributed by atoms with Crippen LogP contribution >= 0.6 is 0 Å². The van der Waals surface area contributed by atoms with Crippen molar-refractivity contribution in [2.75, 3.05) is 6.61 Å². The topological polar surface area (TPSA) is 133 Å². The third-order valence-electron chi connectivity index (χ3n) is 2.23. The Labute approximate surface area is 129 Å². The highest BCUT2D eigenvalue weighted by Crippen LogP contribution is 2.36. The molecule has 0 bridgehead atoms. The first-order chi connectivity index (χ1) is 10.5. The van der Waals surface area contributed by atoms with Gasteiger partial charge in [-0.25, -0.2) is 4.79 Å². The summed E-state index contributed by atoms with van der Waals surface area (Å²) in [6, 6.07) is 0. The van der Waals surface area contributed by atoms with Crippen LogP contribution in [0.3, 0.4) is 0 Å². The molecule has 0 aliphatic heterocycles. The van der Waals surface area contributed by atoms with E-state index in [1.807, 2.05) is 0 Å². The Morgan fingerprint density at radius 1 is 1.17 bits per heavy atom. The summed E-state index contributed by atoms with van der Waals surface area (Å²) in [5.74, 6) is -11.8. The van der Waals surface area contributed by atoms with E-state index in [1.54, 1.807) is 0 Å². The standard InChI is InChI=1S/C9H9F6NO7S/c1-4(10)5(17)23-8(6(16)18,9(13,14)15)22-3-2-7(11,12)24(19,20)21/h1-3H2,(H2,16,18)(H,19,20,21). The number of esters is 1. The van der Waals surface area contributed by atoms with Gasteiger partial charge in [-0.15, -0.1) is 0 Å². The summed E-state index contributed by atoms with van der Waals surface area (Å²) in [5, 5.41) is -4.95. The number of carbonyl (C=O) groups is 2. The zero-order chi connectivity index (χ0) is 19.6. The van der Waals surface area contributed by atoms with E-state index in [4.69, 9.17) is 4.55 Å². The van der Waals surface area contributed by atoms with Crippen LogP contribution in [0.5, 0.6) is 0 Å². The summed E-state index contributed by atoms with van der Waals surface area (Å²) in [4.78, 5) is 21.8. The number of amides is 1. The molecule has 3 N–H and O–H groups in total. The summed E-state index contributed by atoms with van der Waals surface area (Å²) in [6.07, 6.45) is -8.03. The molecule has 8 nitrogen and oxygen atoms in total. The Morgan fingerprint density at radius 3 is 1.92 bits per heavy atom. The van der Waals surface area contributed by atoms with Gasteiger partial charge in [0.05, 0.1) is 13.0 Å². The van der Waals surface area contributed by atoms with Crippen LogP contribution in [0.25, 0.3) is 0 Å². The van der Waals surface area contributed by atoms with Gasteiger partial charge in [-0.2, -0.15) is 34.8 Å². The molecule has 0 aliphatic carbocycles. The van der Waals surface area contributed by atoms with E-state index in [-0.39, 0.29) is 0 Å². The molecule has 0 spiro atoms. The second-order valence-electron chi connectivity index (χ2n) is 3.98. The summed E-state index contributed by atoms with van der Waals surface area (Å²) >= 11 is 0. The molecule has 1 amide bonds. The number of hydrogen-bond donors (Lipinski definition) is 2. The van der Waals surface area contributed by atoms with Gasteiger partial charge in [0.2, 0.25) is 5.83 Å². The molecule has 24 heavy (non-hydrogen) atoms. The Bertz CT molecular complexity index is 631. The van der Waals surface area contributed by atoms with Gasteiger partial charge in [-0.3, -0.25) is 9.35 Å². The second-order valence-corrected chi connectivity index (χ2v) is 5.53. The van der Waals surface area contributed by atoms with Crippen molar-refractivity contribution in [3.63, 3.8) is 0 Å². The highest BCUT2D eigenvalue weighted by atomic mass is 32.2. The number of carbonyl (C=O) groups excluding carboxylic acids is 2. The van der Waals surface area contributed by atoms with E-state index in [0.717, 1.165) is 0 Å². The van der Waals surface area contributed by atoms with E-state index in [9.17, 15) is 44.3 Å². The molecule has 15 heteroatoms. The minimum atomic E-state index is -6.00. The van der Waals surface area contributed by atoms with Crippen molar-refractivity contribution in [2.45, 2.75) is 23.6 Å². The monoisotopic (exact) mass is 389 g/mol. The van der Waals surface area contributed by atoms with Gasteiger partial charge in [-0.05, 0) is 0 Å². The highest BCUT2D eigenvalue weighted by molar-refractivity contribution is 7.86. The summed E-state index contributed by atoms with van der Waals surface area (Å²) < 4.78 is 113. The molecule has 0 fully saturated rings. The number of alkyl halides is 5. The van der Waals surface area contributed by atoms with Crippen LogP contribution < -0.4 is 5.73 Å². The average Bonchev–Trinajstić information content (AvgIpc) is 2.33. The predicted octanol–water partition coefficient (Wildman–Crippen LogP) is 0.644. The molecular weight excluding hydrogens is 380 g/mol. The fraction of sp³-hybridized carbons (Fsp3) is 0.556. The fourth-order valence-electron chi connectivity index (χ4n) is 1.06. The number of rotatable bonds is 8. The van der Waals surface area contributed by atoms with Crippen molar-refractivity contribution in [3.05, 3.63) is 12.4 Å². The lowest BCUT2D eigenvalue weighted by atomic mass is 10.2. The SMILES string of the molecule is C=C(F)C(=O)OC(OCCC(F)(F)S(=O)(=O)O)(C(N)=O)C(F)(F)F. The summed E-state index contributed by atoms with van der Waals surface area (Å²) in [5.41, 5.74) is 4.37. The van der Waals surface area contributed by atoms with Crippen LogP contribution in [0.2, 0.25) is 0 Å². The zero-order valence-electron chi connectivity index (χ0n) is 11.3.